The van der Waals surface area contributed by atoms with Gasteiger partial charge in [-0.1, -0.05) is 61.5 Å². The second-order valence-corrected chi connectivity index (χ2v) is 9.05. The normalized spacial score (nSPS) is 11.2. The maximum Gasteiger partial charge on any atom is 0.367 e. The van der Waals surface area contributed by atoms with Crippen molar-refractivity contribution >= 4 is 40.6 Å². The van der Waals surface area contributed by atoms with Crippen LogP contribution in [0.1, 0.15) is 30.9 Å². The van der Waals surface area contributed by atoms with Crippen LogP contribution in [0.5, 0.6) is 0 Å². The number of benzene rings is 2. The molecule has 7 nitrogen and oxygen atoms in total. The predicted molar refractivity (Wildman–Crippen MR) is 127 cm³/mol. The number of nitrogens with zero attached hydrogens (tertiary/aromatic N) is 4. The summed E-state index contributed by atoms with van der Waals surface area (Å²) in [6, 6.07) is 18.8. The largest absolute Gasteiger partial charge is 0.367 e. The number of anilines is 1. The number of amides is 1. The Labute approximate surface area is 194 Å². The minimum atomic E-state index is -0.459. The van der Waals surface area contributed by atoms with E-state index in [1.165, 1.54) is 21.8 Å². The molecule has 0 aliphatic carbocycles. The van der Waals surface area contributed by atoms with Crippen LogP contribution >= 0.6 is 23.4 Å². The van der Waals surface area contributed by atoms with Crippen molar-refractivity contribution in [1.29, 1.82) is 0 Å². The van der Waals surface area contributed by atoms with Crippen LogP contribution in [0.2, 0.25) is 5.02 Å². The van der Waals surface area contributed by atoms with Crippen LogP contribution in [0, 0.1) is 0 Å². The fraction of sp³-hybridized carbons (Fsp3) is 0.217. The van der Waals surface area contributed by atoms with Gasteiger partial charge in [-0.25, -0.2) is 9.48 Å². The van der Waals surface area contributed by atoms with Crippen molar-refractivity contribution in [3.8, 4) is 0 Å². The van der Waals surface area contributed by atoms with Gasteiger partial charge < -0.3 is 5.32 Å². The number of carbonyl (C=O) groups is 1. The Hall–Kier alpha value is -3.10. The lowest BCUT2D eigenvalue weighted by atomic mass is 10.0. The van der Waals surface area contributed by atoms with Gasteiger partial charge in [0.2, 0.25) is 5.91 Å². The van der Waals surface area contributed by atoms with E-state index in [4.69, 9.17) is 11.6 Å². The zero-order valence-corrected chi connectivity index (χ0v) is 19.2. The van der Waals surface area contributed by atoms with Crippen molar-refractivity contribution in [1.82, 2.24) is 19.4 Å². The Bertz CT molecular complexity index is 1300. The molecule has 164 valence electrons. The van der Waals surface area contributed by atoms with Gasteiger partial charge in [0.25, 0.3) is 0 Å². The van der Waals surface area contributed by atoms with Crippen LogP contribution in [0.4, 0.5) is 5.69 Å². The first-order chi connectivity index (χ1) is 15.4. The average Bonchev–Trinajstić information content (AvgIpc) is 3.08. The Morgan fingerprint density at radius 3 is 2.44 bits per heavy atom. The van der Waals surface area contributed by atoms with E-state index in [9.17, 15) is 9.59 Å². The molecule has 0 aliphatic rings. The molecular weight excluding hydrogens is 446 g/mol. The number of rotatable bonds is 7. The molecular formula is C23H22ClN5O2S. The predicted octanol–water partition coefficient (Wildman–Crippen LogP) is 4.60. The third kappa shape index (κ3) is 5.20. The lowest BCUT2D eigenvalue weighted by Crippen LogP contribution is -2.28. The van der Waals surface area contributed by atoms with E-state index in [-0.39, 0.29) is 12.5 Å². The molecule has 2 aromatic carbocycles. The van der Waals surface area contributed by atoms with E-state index in [1.54, 1.807) is 6.07 Å². The van der Waals surface area contributed by atoms with Crippen LogP contribution in [0.3, 0.4) is 0 Å². The highest BCUT2D eigenvalue weighted by atomic mass is 35.5. The first kappa shape index (κ1) is 22.1. The van der Waals surface area contributed by atoms with Crippen molar-refractivity contribution in [3.63, 3.8) is 0 Å². The molecule has 0 unspecified atom stereocenters. The summed E-state index contributed by atoms with van der Waals surface area (Å²) in [7, 11) is 0. The fourth-order valence-corrected chi connectivity index (χ4v) is 4.03. The number of aromatic nitrogens is 4. The zero-order valence-electron chi connectivity index (χ0n) is 17.7. The Morgan fingerprint density at radius 1 is 1.03 bits per heavy atom. The zero-order chi connectivity index (χ0) is 22.7. The van der Waals surface area contributed by atoms with Crippen LogP contribution in [0.15, 0.2) is 70.5 Å². The highest BCUT2D eigenvalue weighted by Gasteiger charge is 2.13. The molecule has 0 atom stereocenters. The first-order valence-electron chi connectivity index (χ1n) is 10.1. The van der Waals surface area contributed by atoms with Gasteiger partial charge in [0.1, 0.15) is 11.6 Å². The number of fused-ring (bicyclic) bond motifs is 1. The Kier molecular flexibility index (Phi) is 6.62. The molecule has 2 aromatic heterocycles. The molecule has 4 aromatic rings. The van der Waals surface area contributed by atoms with Gasteiger partial charge in [0, 0.05) is 16.5 Å². The summed E-state index contributed by atoms with van der Waals surface area (Å²) in [6.07, 6.45) is 0. The number of thioether (sulfide) groups is 1. The summed E-state index contributed by atoms with van der Waals surface area (Å²) in [5.41, 5.74) is 2.90. The van der Waals surface area contributed by atoms with Crippen molar-refractivity contribution in [2.45, 2.75) is 37.1 Å². The quantitative estimate of drug-likeness (QED) is 0.402. The van der Waals surface area contributed by atoms with Gasteiger partial charge in [-0.3, -0.25) is 4.79 Å². The smallest absolute Gasteiger partial charge is 0.324 e. The first-order valence-corrected chi connectivity index (χ1v) is 11.5. The minimum Gasteiger partial charge on any atom is -0.324 e. The van der Waals surface area contributed by atoms with E-state index >= 15 is 0 Å². The maximum atomic E-state index is 12.7. The Morgan fingerprint density at radius 2 is 1.75 bits per heavy atom. The van der Waals surface area contributed by atoms with Gasteiger partial charge in [-0.05, 0) is 53.4 Å². The summed E-state index contributed by atoms with van der Waals surface area (Å²) in [5.74, 6) is 0.777. The highest BCUT2D eigenvalue weighted by Crippen LogP contribution is 2.22. The van der Waals surface area contributed by atoms with Gasteiger partial charge in [0.05, 0.1) is 0 Å². The highest BCUT2D eigenvalue weighted by molar-refractivity contribution is 7.98. The van der Waals surface area contributed by atoms with Crippen LogP contribution in [-0.4, -0.2) is 25.3 Å². The van der Waals surface area contributed by atoms with Crippen molar-refractivity contribution in [3.05, 3.63) is 87.3 Å². The lowest BCUT2D eigenvalue weighted by molar-refractivity contribution is -0.117. The lowest BCUT2D eigenvalue weighted by Gasteiger charge is -2.08. The minimum absolute atomic E-state index is 0.193. The number of hydrogen-bond acceptors (Lipinski definition) is 5. The van der Waals surface area contributed by atoms with E-state index in [0.29, 0.717) is 33.1 Å². The van der Waals surface area contributed by atoms with Crippen LogP contribution < -0.4 is 11.0 Å². The fourth-order valence-electron chi connectivity index (χ4n) is 3.10. The summed E-state index contributed by atoms with van der Waals surface area (Å²) in [5, 5.41) is 12.8. The van der Waals surface area contributed by atoms with Gasteiger partial charge >= 0.3 is 5.69 Å². The number of hydrogen-bond donors (Lipinski definition) is 1. The molecule has 0 aliphatic heterocycles. The molecule has 1 N–H and O–H groups in total. The van der Waals surface area contributed by atoms with Crippen LogP contribution in [-0.2, 0) is 17.1 Å². The second-order valence-electron chi connectivity index (χ2n) is 7.62. The standard InChI is InChI=1S/C23H22ClN5O2S/c1-15(2)17-5-9-19(10-6-17)25-21(30)13-28-23(31)29-20(26-28)11-12-22(27-29)32-14-16-3-7-18(24)8-4-16/h3-12,15H,13-14H2,1-2H3,(H,25,30). The number of halogens is 1. The van der Waals surface area contributed by atoms with E-state index in [0.717, 1.165) is 10.2 Å². The summed E-state index contributed by atoms with van der Waals surface area (Å²) in [4.78, 5) is 25.1. The average molecular weight is 468 g/mol. The van der Waals surface area contributed by atoms with Gasteiger partial charge in [-0.2, -0.15) is 9.61 Å². The van der Waals surface area contributed by atoms with Crippen molar-refractivity contribution < 1.29 is 4.79 Å². The molecule has 0 fully saturated rings. The molecule has 2 heterocycles. The SMILES string of the molecule is CC(C)c1ccc(NC(=O)Cn2nc3ccc(SCc4ccc(Cl)cc4)nn3c2=O)cc1. The van der Waals surface area contributed by atoms with E-state index in [2.05, 4.69) is 29.4 Å². The molecule has 0 bridgehead atoms. The molecule has 0 spiro atoms. The molecule has 32 heavy (non-hydrogen) atoms. The third-order valence-electron chi connectivity index (χ3n) is 4.87. The Balaban J connectivity index is 1.44. The van der Waals surface area contributed by atoms with Gasteiger partial charge in [-0.15, -0.1) is 5.10 Å². The molecule has 0 saturated heterocycles. The number of carbonyl (C=O) groups excluding carboxylic acids is 1. The molecule has 9 heteroatoms. The van der Waals surface area contributed by atoms with Crippen molar-refractivity contribution in [2.24, 2.45) is 0 Å². The maximum absolute atomic E-state index is 12.7. The second kappa shape index (κ2) is 9.58. The molecule has 4 rings (SSSR count). The van der Waals surface area contributed by atoms with Crippen LogP contribution in [0.25, 0.3) is 5.65 Å². The third-order valence-corrected chi connectivity index (χ3v) is 6.11. The summed E-state index contributed by atoms with van der Waals surface area (Å²) < 4.78 is 2.34. The summed E-state index contributed by atoms with van der Waals surface area (Å²) in [6.45, 7) is 4.03. The molecule has 0 radical (unpaired) electrons. The molecule has 1 amide bonds. The monoisotopic (exact) mass is 467 g/mol. The molecule has 0 saturated carbocycles. The van der Waals surface area contributed by atoms with Gasteiger partial charge in [0.15, 0.2) is 5.65 Å². The summed E-state index contributed by atoms with van der Waals surface area (Å²) >= 11 is 7.42. The van der Waals surface area contributed by atoms with E-state index in [1.807, 2.05) is 54.6 Å². The number of nitrogens with one attached hydrogen (secondary N) is 1. The van der Waals surface area contributed by atoms with Crippen molar-refractivity contribution in [2.75, 3.05) is 5.32 Å². The topological polar surface area (TPSA) is 81.3 Å². The van der Waals surface area contributed by atoms with E-state index < -0.39 is 5.69 Å².